The van der Waals surface area contributed by atoms with Crippen LogP contribution in [0.4, 0.5) is 0 Å². The molecule has 0 aliphatic carbocycles. The Morgan fingerprint density at radius 3 is 2.67 bits per heavy atom. The van der Waals surface area contributed by atoms with Gasteiger partial charge in [-0.25, -0.2) is 0 Å². The SMILES string of the molecule is CC(=O)c1cccc(OCCCC(=O)N2CCC(C(C)N)CC2)c1. The minimum atomic E-state index is 0.0193. The van der Waals surface area contributed by atoms with Crippen LogP contribution in [-0.2, 0) is 4.79 Å². The summed E-state index contributed by atoms with van der Waals surface area (Å²) in [5.74, 6) is 1.42. The monoisotopic (exact) mass is 332 g/mol. The molecule has 1 fully saturated rings. The largest absolute Gasteiger partial charge is 0.494 e. The van der Waals surface area contributed by atoms with Crippen molar-refractivity contribution in [2.24, 2.45) is 11.7 Å². The van der Waals surface area contributed by atoms with Crippen LogP contribution in [0.3, 0.4) is 0 Å². The molecule has 1 aromatic carbocycles. The van der Waals surface area contributed by atoms with Crippen molar-refractivity contribution in [2.45, 2.75) is 45.6 Å². The first-order valence-electron chi connectivity index (χ1n) is 8.74. The highest BCUT2D eigenvalue weighted by atomic mass is 16.5. The molecule has 5 nitrogen and oxygen atoms in total. The molecule has 1 aliphatic rings. The standard InChI is InChI=1S/C19H28N2O3/c1-14(20)16-8-10-21(11-9-16)19(23)7-4-12-24-18-6-3-5-17(13-18)15(2)22/h3,5-6,13-14,16H,4,7-12,20H2,1-2H3. The second kappa shape index (κ2) is 8.83. The third-order valence-electron chi connectivity index (χ3n) is 4.68. The van der Waals surface area contributed by atoms with Crippen molar-refractivity contribution in [1.82, 2.24) is 4.90 Å². The number of rotatable bonds is 7. The highest BCUT2D eigenvalue weighted by molar-refractivity contribution is 5.94. The Morgan fingerprint density at radius 1 is 1.33 bits per heavy atom. The quantitative estimate of drug-likeness (QED) is 0.615. The number of Topliss-reactive ketones (excluding diaryl/α,β-unsaturated/α-hetero) is 1. The van der Waals surface area contributed by atoms with E-state index in [1.807, 2.05) is 17.9 Å². The van der Waals surface area contributed by atoms with E-state index in [1.54, 1.807) is 18.2 Å². The van der Waals surface area contributed by atoms with Crippen molar-refractivity contribution < 1.29 is 14.3 Å². The number of carbonyl (C=O) groups excluding carboxylic acids is 2. The summed E-state index contributed by atoms with van der Waals surface area (Å²) in [5, 5.41) is 0. The number of ketones is 1. The molecule has 5 heteroatoms. The highest BCUT2D eigenvalue weighted by Crippen LogP contribution is 2.20. The number of amides is 1. The lowest BCUT2D eigenvalue weighted by molar-refractivity contribution is -0.132. The minimum absolute atomic E-state index is 0.0193. The van der Waals surface area contributed by atoms with E-state index in [0.717, 1.165) is 25.9 Å². The summed E-state index contributed by atoms with van der Waals surface area (Å²) in [7, 11) is 0. The fraction of sp³-hybridized carbons (Fsp3) is 0.579. The summed E-state index contributed by atoms with van der Waals surface area (Å²) in [6, 6.07) is 7.35. The van der Waals surface area contributed by atoms with Crippen molar-refractivity contribution in [3.63, 3.8) is 0 Å². The molecule has 0 spiro atoms. The van der Waals surface area contributed by atoms with Crippen LogP contribution < -0.4 is 10.5 Å². The zero-order valence-electron chi connectivity index (χ0n) is 14.7. The zero-order valence-corrected chi connectivity index (χ0v) is 14.7. The van der Waals surface area contributed by atoms with Crippen molar-refractivity contribution in [1.29, 1.82) is 0 Å². The van der Waals surface area contributed by atoms with Gasteiger partial charge in [0, 0.05) is 31.1 Å². The third-order valence-corrected chi connectivity index (χ3v) is 4.68. The van der Waals surface area contributed by atoms with Gasteiger partial charge >= 0.3 is 0 Å². The number of nitrogens with zero attached hydrogens (tertiary/aromatic N) is 1. The van der Waals surface area contributed by atoms with Crippen LogP contribution in [0.25, 0.3) is 0 Å². The van der Waals surface area contributed by atoms with Crippen molar-refractivity contribution in [2.75, 3.05) is 19.7 Å². The van der Waals surface area contributed by atoms with E-state index < -0.39 is 0 Å². The van der Waals surface area contributed by atoms with Gasteiger partial charge in [-0.2, -0.15) is 0 Å². The van der Waals surface area contributed by atoms with Gasteiger partial charge in [0.05, 0.1) is 6.61 Å². The average molecular weight is 332 g/mol. The van der Waals surface area contributed by atoms with Crippen molar-refractivity contribution in [3.8, 4) is 5.75 Å². The first-order valence-corrected chi connectivity index (χ1v) is 8.74. The van der Waals surface area contributed by atoms with Gasteiger partial charge in [-0.1, -0.05) is 12.1 Å². The zero-order chi connectivity index (χ0) is 17.5. The van der Waals surface area contributed by atoms with E-state index in [2.05, 4.69) is 0 Å². The minimum Gasteiger partial charge on any atom is -0.494 e. The van der Waals surface area contributed by atoms with Crippen molar-refractivity contribution >= 4 is 11.7 Å². The Balaban J connectivity index is 1.68. The second-order valence-corrected chi connectivity index (χ2v) is 6.61. The molecule has 1 unspecified atom stereocenters. The van der Waals surface area contributed by atoms with E-state index in [4.69, 9.17) is 10.5 Å². The molecule has 24 heavy (non-hydrogen) atoms. The van der Waals surface area contributed by atoms with Crippen LogP contribution in [0.2, 0.25) is 0 Å². The first-order chi connectivity index (χ1) is 11.5. The number of likely N-dealkylation sites (tertiary alicyclic amines) is 1. The normalized spacial score (nSPS) is 16.7. The molecule has 0 aromatic heterocycles. The van der Waals surface area contributed by atoms with E-state index in [1.165, 1.54) is 6.92 Å². The molecule has 0 radical (unpaired) electrons. The van der Waals surface area contributed by atoms with Crippen LogP contribution in [0, 0.1) is 5.92 Å². The Morgan fingerprint density at radius 2 is 2.04 bits per heavy atom. The molecule has 2 rings (SSSR count). The van der Waals surface area contributed by atoms with Gasteiger partial charge in [0.2, 0.25) is 5.91 Å². The highest BCUT2D eigenvalue weighted by Gasteiger charge is 2.24. The summed E-state index contributed by atoms with van der Waals surface area (Å²) in [4.78, 5) is 25.5. The lowest BCUT2D eigenvalue weighted by atomic mass is 9.91. The van der Waals surface area contributed by atoms with E-state index in [9.17, 15) is 9.59 Å². The van der Waals surface area contributed by atoms with Crippen LogP contribution in [0.1, 0.15) is 49.9 Å². The molecule has 1 heterocycles. The van der Waals surface area contributed by atoms with Crippen molar-refractivity contribution in [3.05, 3.63) is 29.8 Å². The van der Waals surface area contributed by atoms with Crippen LogP contribution in [0.5, 0.6) is 5.75 Å². The number of nitrogens with two attached hydrogens (primary N) is 1. The summed E-state index contributed by atoms with van der Waals surface area (Å²) in [6.45, 7) is 5.68. The summed E-state index contributed by atoms with van der Waals surface area (Å²) < 4.78 is 5.64. The molecular weight excluding hydrogens is 304 g/mol. The molecule has 1 aliphatic heterocycles. The summed E-state index contributed by atoms with van der Waals surface area (Å²) in [5.41, 5.74) is 6.57. The Labute approximate surface area is 144 Å². The Bertz CT molecular complexity index is 563. The van der Waals surface area contributed by atoms with Gasteiger partial charge in [-0.05, 0) is 51.2 Å². The van der Waals surface area contributed by atoms with E-state index in [0.29, 0.717) is 36.7 Å². The number of carbonyl (C=O) groups is 2. The topological polar surface area (TPSA) is 72.6 Å². The fourth-order valence-electron chi connectivity index (χ4n) is 3.05. The Hall–Kier alpha value is -1.88. The van der Waals surface area contributed by atoms with Gasteiger partial charge in [0.15, 0.2) is 5.78 Å². The number of benzene rings is 1. The predicted octanol–water partition coefficient (Wildman–Crippen LogP) is 2.63. The maximum absolute atomic E-state index is 12.2. The molecule has 1 amide bonds. The molecule has 0 saturated carbocycles. The summed E-state index contributed by atoms with van der Waals surface area (Å²) >= 11 is 0. The number of hydrogen-bond donors (Lipinski definition) is 1. The Kier molecular flexibility index (Phi) is 6.79. The van der Waals surface area contributed by atoms with Gasteiger partial charge in [0.1, 0.15) is 5.75 Å². The molecule has 1 saturated heterocycles. The van der Waals surface area contributed by atoms with E-state index >= 15 is 0 Å². The smallest absolute Gasteiger partial charge is 0.222 e. The molecule has 2 N–H and O–H groups in total. The second-order valence-electron chi connectivity index (χ2n) is 6.61. The van der Waals surface area contributed by atoms with Gasteiger partial charge in [0.25, 0.3) is 0 Å². The molecule has 132 valence electrons. The lowest BCUT2D eigenvalue weighted by Gasteiger charge is -2.33. The molecule has 1 aromatic rings. The number of ether oxygens (including phenoxy) is 1. The molecule has 0 bridgehead atoms. The third kappa shape index (κ3) is 5.34. The molecule has 1 atom stereocenters. The molecular formula is C19H28N2O3. The van der Waals surface area contributed by atoms with E-state index in [-0.39, 0.29) is 17.7 Å². The predicted molar refractivity (Wildman–Crippen MR) is 94.1 cm³/mol. The maximum Gasteiger partial charge on any atom is 0.222 e. The average Bonchev–Trinajstić information content (AvgIpc) is 2.59. The number of piperidine rings is 1. The van der Waals surface area contributed by atoms with Crippen LogP contribution >= 0.6 is 0 Å². The van der Waals surface area contributed by atoms with Crippen LogP contribution in [-0.4, -0.2) is 42.3 Å². The fourth-order valence-corrected chi connectivity index (χ4v) is 3.05. The maximum atomic E-state index is 12.2. The van der Waals surface area contributed by atoms with Gasteiger partial charge in [-0.15, -0.1) is 0 Å². The number of hydrogen-bond acceptors (Lipinski definition) is 4. The van der Waals surface area contributed by atoms with Crippen LogP contribution in [0.15, 0.2) is 24.3 Å². The van der Waals surface area contributed by atoms with Gasteiger partial charge < -0.3 is 15.4 Å². The summed E-state index contributed by atoms with van der Waals surface area (Å²) in [6.07, 6.45) is 3.17. The first kappa shape index (κ1) is 18.5. The van der Waals surface area contributed by atoms with Gasteiger partial charge in [-0.3, -0.25) is 9.59 Å². The lowest BCUT2D eigenvalue weighted by Crippen LogP contribution is -2.42.